The van der Waals surface area contributed by atoms with Crippen molar-refractivity contribution in [2.75, 3.05) is 20.2 Å². The van der Waals surface area contributed by atoms with E-state index in [1.54, 1.807) is 7.05 Å². The molecule has 0 saturated carbocycles. The predicted molar refractivity (Wildman–Crippen MR) is 91.5 cm³/mol. The van der Waals surface area contributed by atoms with Crippen molar-refractivity contribution in [2.24, 2.45) is 5.73 Å². The Hall–Kier alpha value is -2.86. The quantitative estimate of drug-likeness (QED) is 0.814. The summed E-state index contributed by atoms with van der Waals surface area (Å²) in [5.41, 5.74) is 5.85. The number of hydrogen-bond donors (Lipinski definition) is 2. The maximum atomic E-state index is 12.3. The molecule has 24 heavy (non-hydrogen) atoms. The summed E-state index contributed by atoms with van der Waals surface area (Å²) < 4.78 is 5.66. The normalized spacial score (nSPS) is 11.8. The molecule has 3 amide bonds. The van der Waals surface area contributed by atoms with E-state index in [0.717, 1.165) is 11.3 Å². The Kier molecular flexibility index (Phi) is 6.33. The fraction of sp³-hybridized carbons (Fsp3) is 0.222. The molecule has 0 spiro atoms. The number of nitrogens with two attached hydrogens (primary N) is 1. The van der Waals surface area contributed by atoms with Gasteiger partial charge in [0.1, 0.15) is 18.4 Å². The van der Waals surface area contributed by atoms with Gasteiger partial charge in [-0.25, -0.2) is 4.79 Å². The minimum absolute atomic E-state index is 0.410. The summed E-state index contributed by atoms with van der Waals surface area (Å²) in [6.07, 6.45) is 0. The first kappa shape index (κ1) is 17.5. The first-order valence-corrected chi connectivity index (χ1v) is 7.61. The highest BCUT2D eigenvalue weighted by Crippen LogP contribution is 2.19. The molecule has 2 aromatic carbocycles. The SMILES string of the molecule is CN(CCOc1ccccc1)[C@@H](C(=O)NC(N)=O)c1ccccc1. The summed E-state index contributed by atoms with van der Waals surface area (Å²) in [6, 6.07) is 17.2. The molecule has 2 rings (SSSR count). The van der Waals surface area contributed by atoms with E-state index in [2.05, 4.69) is 5.32 Å². The van der Waals surface area contributed by atoms with Crippen LogP contribution >= 0.6 is 0 Å². The van der Waals surface area contributed by atoms with Gasteiger partial charge in [0.2, 0.25) is 5.91 Å². The molecule has 0 heterocycles. The molecule has 0 bridgehead atoms. The Balaban J connectivity index is 2.02. The van der Waals surface area contributed by atoms with Crippen molar-refractivity contribution in [3.63, 3.8) is 0 Å². The standard InChI is InChI=1S/C18H21N3O3/c1-21(12-13-24-15-10-6-3-7-11-15)16(17(22)20-18(19)23)14-8-4-2-5-9-14/h2-11,16H,12-13H2,1H3,(H3,19,20,22,23)/t16-/m1/s1. The van der Waals surface area contributed by atoms with Crippen molar-refractivity contribution >= 4 is 11.9 Å². The van der Waals surface area contributed by atoms with Gasteiger partial charge in [-0.3, -0.25) is 15.0 Å². The van der Waals surface area contributed by atoms with Crippen LogP contribution in [0.5, 0.6) is 5.75 Å². The van der Waals surface area contributed by atoms with Crippen molar-refractivity contribution in [1.29, 1.82) is 0 Å². The molecule has 1 atom stereocenters. The van der Waals surface area contributed by atoms with E-state index in [9.17, 15) is 9.59 Å². The number of carbonyl (C=O) groups is 2. The number of primary amides is 1. The minimum atomic E-state index is -0.866. The Bertz CT molecular complexity index is 662. The second-order valence-electron chi connectivity index (χ2n) is 5.31. The zero-order valence-corrected chi connectivity index (χ0v) is 13.5. The Morgan fingerprint density at radius 3 is 2.25 bits per heavy atom. The number of rotatable bonds is 7. The molecule has 3 N–H and O–H groups in total. The number of imide groups is 1. The fourth-order valence-corrected chi connectivity index (χ4v) is 2.38. The predicted octanol–water partition coefficient (Wildman–Crippen LogP) is 1.93. The highest BCUT2D eigenvalue weighted by molar-refractivity contribution is 5.96. The summed E-state index contributed by atoms with van der Waals surface area (Å²) in [5, 5.41) is 2.15. The molecule has 2 aromatic rings. The van der Waals surface area contributed by atoms with Crippen molar-refractivity contribution < 1.29 is 14.3 Å². The van der Waals surface area contributed by atoms with Crippen LogP contribution in [0.1, 0.15) is 11.6 Å². The monoisotopic (exact) mass is 327 g/mol. The Labute approximate surface area is 141 Å². The molecule has 0 fully saturated rings. The second kappa shape index (κ2) is 8.69. The van der Waals surface area contributed by atoms with Crippen molar-refractivity contribution in [3.8, 4) is 5.75 Å². The third kappa shape index (κ3) is 5.10. The number of amides is 3. The summed E-state index contributed by atoms with van der Waals surface area (Å²) in [7, 11) is 1.80. The molecule has 126 valence electrons. The first-order valence-electron chi connectivity index (χ1n) is 7.61. The number of nitrogens with one attached hydrogen (secondary N) is 1. The first-order chi connectivity index (χ1) is 11.6. The number of likely N-dealkylation sites (N-methyl/N-ethyl adjacent to an activating group) is 1. The topological polar surface area (TPSA) is 84.7 Å². The van der Waals surface area contributed by atoms with Crippen LogP contribution in [0.15, 0.2) is 60.7 Å². The molecule has 0 aliphatic rings. The lowest BCUT2D eigenvalue weighted by atomic mass is 10.0. The Morgan fingerprint density at radius 2 is 1.67 bits per heavy atom. The second-order valence-corrected chi connectivity index (χ2v) is 5.31. The summed E-state index contributed by atoms with van der Waals surface area (Å²) >= 11 is 0. The van der Waals surface area contributed by atoms with E-state index in [-0.39, 0.29) is 0 Å². The van der Waals surface area contributed by atoms with Crippen molar-refractivity contribution in [2.45, 2.75) is 6.04 Å². The highest BCUT2D eigenvalue weighted by Gasteiger charge is 2.25. The maximum Gasteiger partial charge on any atom is 0.318 e. The molecule has 6 heteroatoms. The molecule has 0 unspecified atom stereocenters. The van der Waals surface area contributed by atoms with Crippen LogP contribution in [0.2, 0.25) is 0 Å². The lowest BCUT2D eigenvalue weighted by molar-refractivity contribution is -0.125. The zero-order valence-electron chi connectivity index (χ0n) is 13.5. The molecule has 0 aliphatic carbocycles. The van der Waals surface area contributed by atoms with Gasteiger partial charge in [0, 0.05) is 6.54 Å². The van der Waals surface area contributed by atoms with Gasteiger partial charge in [0.05, 0.1) is 0 Å². The van der Waals surface area contributed by atoms with E-state index in [4.69, 9.17) is 10.5 Å². The van der Waals surface area contributed by atoms with Gasteiger partial charge in [-0.15, -0.1) is 0 Å². The van der Waals surface area contributed by atoms with E-state index in [1.165, 1.54) is 0 Å². The molecular formula is C18H21N3O3. The number of nitrogens with zero attached hydrogens (tertiary/aromatic N) is 1. The van der Waals surface area contributed by atoms with Gasteiger partial charge in [-0.05, 0) is 24.7 Å². The van der Waals surface area contributed by atoms with Crippen LogP contribution in [0, 0.1) is 0 Å². The molecule has 0 radical (unpaired) electrons. The van der Waals surface area contributed by atoms with E-state index >= 15 is 0 Å². The van der Waals surface area contributed by atoms with Crippen LogP contribution in [0.3, 0.4) is 0 Å². The molecule has 0 saturated heterocycles. The summed E-state index contributed by atoms with van der Waals surface area (Å²) in [6.45, 7) is 0.911. The lowest BCUT2D eigenvalue weighted by Crippen LogP contribution is -2.44. The summed E-state index contributed by atoms with van der Waals surface area (Å²) in [5.74, 6) is 0.305. The maximum absolute atomic E-state index is 12.3. The average Bonchev–Trinajstić information content (AvgIpc) is 2.56. The van der Waals surface area contributed by atoms with Gasteiger partial charge in [0.25, 0.3) is 0 Å². The minimum Gasteiger partial charge on any atom is -0.492 e. The fourth-order valence-electron chi connectivity index (χ4n) is 2.38. The van der Waals surface area contributed by atoms with Crippen LogP contribution in [-0.2, 0) is 4.79 Å². The van der Waals surface area contributed by atoms with Crippen LogP contribution in [0.25, 0.3) is 0 Å². The third-order valence-corrected chi connectivity index (χ3v) is 3.51. The zero-order chi connectivity index (χ0) is 17.4. The third-order valence-electron chi connectivity index (χ3n) is 3.51. The van der Waals surface area contributed by atoms with Gasteiger partial charge in [0.15, 0.2) is 0 Å². The molecule has 0 aromatic heterocycles. The summed E-state index contributed by atoms with van der Waals surface area (Å²) in [4.78, 5) is 25.2. The van der Waals surface area contributed by atoms with Crippen LogP contribution in [-0.4, -0.2) is 37.0 Å². The van der Waals surface area contributed by atoms with E-state index in [0.29, 0.717) is 13.2 Å². The smallest absolute Gasteiger partial charge is 0.318 e. The van der Waals surface area contributed by atoms with Gasteiger partial charge >= 0.3 is 6.03 Å². The molecule has 0 aliphatic heterocycles. The lowest BCUT2D eigenvalue weighted by Gasteiger charge is -2.27. The van der Waals surface area contributed by atoms with Crippen molar-refractivity contribution in [1.82, 2.24) is 10.2 Å². The van der Waals surface area contributed by atoms with Gasteiger partial charge in [-0.2, -0.15) is 0 Å². The highest BCUT2D eigenvalue weighted by atomic mass is 16.5. The number of hydrogen-bond acceptors (Lipinski definition) is 4. The van der Waals surface area contributed by atoms with E-state index < -0.39 is 18.0 Å². The van der Waals surface area contributed by atoms with Crippen LogP contribution < -0.4 is 15.8 Å². The number of carbonyl (C=O) groups excluding carboxylic acids is 2. The van der Waals surface area contributed by atoms with Crippen LogP contribution in [0.4, 0.5) is 4.79 Å². The Morgan fingerprint density at radius 1 is 1.08 bits per heavy atom. The van der Waals surface area contributed by atoms with Crippen molar-refractivity contribution in [3.05, 3.63) is 66.2 Å². The number of para-hydroxylation sites is 1. The number of urea groups is 1. The van der Waals surface area contributed by atoms with Gasteiger partial charge in [-0.1, -0.05) is 48.5 Å². The largest absolute Gasteiger partial charge is 0.492 e. The molecule has 6 nitrogen and oxygen atoms in total. The molecular weight excluding hydrogens is 306 g/mol. The number of benzene rings is 2. The van der Waals surface area contributed by atoms with Gasteiger partial charge < -0.3 is 10.5 Å². The van der Waals surface area contributed by atoms with E-state index in [1.807, 2.05) is 65.6 Å². The number of ether oxygens (including phenoxy) is 1. The average molecular weight is 327 g/mol.